The van der Waals surface area contributed by atoms with Crippen molar-refractivity contribution in [2.45, 2.75) is 29.6 Å². The Morgan fingerprint density at radius 3 is 2.79 bits per heavy atom. The fourth-order valence-electron chi connectivity index (χ4n) is 3.92. The quantitative estimate of drug-likeness (QED) is 0.532. The number of anilines is 1. The molecule has 0 amide bonds. The summed E-state index contributed by atoms with van der Waals surface area (Å²) in [5, 5.41) is 0.0953. The van der Waals surface area contributed by atoms with Gasteiger partial charge in [0.25, 0.3) is 0 Å². The number of hydrogen-bond donors (Lipinski definition) is 1. The number of sulfone groups is 1. The normalized spacial score (nSPS) is 19.9. The molecule has 5 rings (SSSR count). The van der Waals surface area contributed by atoms with Gasteiger partial charge in [0.15, 0.2) is 9.84 Å². The van der Waals surface area contributed by atoms with Crippen LogP contribution in [0.1, 0.15) is 13.3 Å². The first-order chi connectivity index (χ1) is 13.9. The van der Waals surface area contributed by atoms with Crippen molar-refractivity contribution in [3.63, 3.8) is 0 Å². The summed E-state index contributed by atoms with van der Waals surface area (Å²) in [5.74, 6) is 0. The predicted molar refractivity (Wildman–Crippen MR) is 116 cm³/mol. The van der Waals surface area contributed by atoms with Crippen LogP contribution in [0.25, 0.3) is 32.2 Å². The molecule has 2 aromatic heterocycles. The Labute approximate surface area is 172 Å². The first-order valence-corrected chi connectivity index (χ1v) is 11.7. The second-order valence-electron chi connectivity index (χ2n) is 7.25. The van der Waals surface area contributed by atoms with E-state index in [-0.39, 0.29) is 11.0 Å². The molecule has 4 aromatic rings. The number of nitrogens with zero attached hydrogens (tertiary/aromatic N) is 2. The third kappa shape index (κ3) is 2.99. The maximum absolute atomic E-state index is 13.1. The van der Waals surface area contributed by atoms with Crippen molar-refractivity contribution in [2.24, 2.45) is 0 Å². The number of hydrogen-bond acceptors (Lipinski definition) is 7. The smallest absolute Gasteiger partial charge is 0.183 e. The summed E-state index contributed by atoms with van der Waals surface area (Å²) >= 11 is 1.58. The van der Waals surface area contributed by atoms with Gasteiger partial charge in [0.1, 0.15) is 0 Å². The van der Waals surface area contributed by atoms with Crippen LogP contribution < -0.4 is 5.73 Å². The van der Waals surface area contributed by atoms with Crippen molar-refractivity contribution in [1.82, 2.24) is 9.97 Å². The van der Waals surface area contributed by atoms with E-state index >= 15 is 0 Å². The van der Waals surface area contributed by atoms with Gasteiger partial charge in [-0.2, -0.15) is 0 Å². The van der Waals surface area contributed by atoms with E-state index < -0.39 is 15.1 Å². The van der Waals surface area contributed by atoms with Crippen molar-refractivity contribution in [2.75, 3.05) is 12.3 Å². The van der Waals surface area contributed by atoms with Crippen molar-refractivity contribution >= 4 is 48.0 Å². The third-order valence-electron chi connectivity index (χ3n) is 5.56. The molecule has 1 fully saturated rings. The van der Waals surface area contributed by atoms with Gasteiger partial charge in [0.05, 0.1) is 43.2 Å². The summed E-state index contributed by atoms with van der Waals surface area (Å²) in [4.78, 5) is 9.12. The molecule has 0 saturated carbocycles. The van der Waals surface area contributed by atoms with Crippen molar-refractivity contribution < 1.29 is 13.2 Å². The monoisotopic (exact) mass is 425 g/mol. The van der Waals surface area contributed by atoms with Gasteiger partial charge in [-0.15, -0.1) is 11.3 Å². The average molecular weight is 426 g/mol. The minimum Gasteiger partial charge on any atom is -0.398 e. The van der Waals surface area contributed by atoms with E-state index in [1.807, 2.05) is 18.2 Å². The topological polar surface area (TPSA) is 95.2 Å². The van der Waals surface area contributed by atoms with Gasteiger partial charge in [-0.1, -0.05) is 6.07 Å². The summed E-state index contributed by atoms with van der Waals surface area (Å²) < 4.78 is 32.8. The van der Waals surface area contributed by atoms with Gasteiger partial charge in [-0.05, 0) is 49.2 Å². The van der Waals surface area contributed by atoms with E-state index in [4.69, 9.17) is 10.5 Å². The minimum atomic E-state index is -3.51. The largest absolute Gasteiger partial charge is 0.398 e. The number of pyridine rings is 1. The van der Waals surface area contributed by atoms with Crippen LogP contribution in [0.15, 0.2) is 53.0 Å². The van der Waals surface area contributed by atoms with Gasteiger partial charge in [0, 0.05) is 23.8 Å². The molecular formula is C21H19N3O3S2. The van der Waals surface area contributed by atoms with Crippen molar-refractivity contribution in [1.29, 1.82) is 0 Å². The van der Waals surface area contributed by atoms with Gasteiger partial charge in [-0.3, -0.25) is 4.98 Å². The highest BCUT2D eigenvalue weighted by molar-refractivity contribution is 7.92. The van der Waals surface area contributed by atoms with Crippen LogP contribution in [0.2, 0.25) is 0 Å². The van der Waals surface area contributed by atoms with Gasteiger partial charge < -0.3 is 10.5 Å². The van der Waals surface area contributed by atoms with Crippen LogP contribution in [0.3, 0.4) is 0 Å². The fourth-order valence-corrected chi connectivity index (χ4v) is 6.46. The van der Waals surface area contributed by atoms with Crippen LogP contribution in [0.5, 0.6) is 0 Å². The zero-order valence-electron chi connectivity index (χ0n) is 15.7. The number of rotatable bonds is 3. The molecule has 0 aliphatic carbocycles. The van der Waals surface area contributed by atoms with E-state index in [1.54, 1.807) is 48.2 Å². The Morgan fingerprint density at radius 2 is 2.00 bits per heavy atom. The van der Waals surface area contributed by atoms with Crippen LogP contribution in [0.4, 0.5) is 5.69 Å². The summed E-state index contributed by atoms with van der Waals surface area (Å²) in [6, 6.07) is 10.9. The van der Waals surface area contributed by atoms with Crippen LogP contribution >= 0.6 is 11.3 Å². The van der Waals surface area contributed by atoms with E-state index in [0.29, 0.717) is 29.6 Å². The Kier molecular flexibility index (Phi) is 4.31. The lowest BCUT2D eigenvalue weighted by atomic mass is 10.0. The van der Waals surface area contributed by atoms with E-state index in [2.05, 4.69) is 9.97 Å². The number of ether oxygens (including phenoxy) is 1. The number of fused-ring (bicyclic) bond motifs is 2. The van der Waals surface area contributed by atoms with Crippen molar-refractivity contribution in [3.05, 3.63) is 48.1 Å². The van der Waals surface area contributed by atoms with Gasteiger partial charge in [-0.25, -0.2) is 13.4 Å². The molecule has 148 valence electrons. The Morgan fingerprint density at radius 1 is 1.14 bits per heavy atom. The maximum atomic E-state index is 13.1. The zero-order chi connectivity index (χ0) is 20.2. The van der Waals surface area contributed by atoms with E-state index in [9.17, 15) is 8.42 Å². The highest BCUT2D eigenvalue weighted by atomic mass is 32.2. The second-order valence-corrected chi connectivity index (χ2v) is 10.3. The Bertz CT molecular complexity index is 1350. The van der Waals surface area contributed by atoms with Crippen LogP contribution in [0, 0.1) is 0 Å². The minimum absolute atomic E-state index is 0.257. The first-order valence-electron chi connectivity index (χ1n) is 9.32. The van der Waals surface area contributed by atoms with E-state index in [1.165, 1.54) is 0 Å². The van der Waals surface area contributed by atoms with Crippen LogP contribution in [-0.2, 0) is 14.6 Å². The second kappa shape index (κ2) is 6.76. The molecule has 2 atom stereocenters. The lowest BCUT2D eigenvalue weighted by Gasteiger charge is -2.16. The molecule has 1 aliphatic rings. The molecule has 0 radical (unpaired) electrons. The highest BCUT2D eigenvalue weighted by Gasteiger charge is 2.37. The highest BCUT2D eigenvalue weighted by Crippen LogP contribution is 2.35. The molecule has 6 nitrogen and oxygen atoms in total. The molecule has 8 heteroatoms. The van der Waals surface area contributed by atoms with Crippen LogP contribution in [-0.4, -0.2) is 36.3 Å². The van der Waals surface area contributed by atoms with Crippen molar-refractivity contribution in [3.8, 4) is 11.1 Å². The third-order valence-corrected chi connectivity index (χ3v) is 8.69. The average Bonchev–Trinajstić information content (AvgIpc) is 3.36. The standard InChI is InChI=1S/C21H19N3O3S2/c1-12-20(6-7-27-12)29(25,26)14-3-4-17-15(9-14)21(22)16(10-23-17)13-2-5-19-18(8-13)24-11-28-19/h2-5,8-12,20H,6-7H2,1H3,(H2,22,23). The molecule has 0 spiro atoms. The number of aromatic nitrogens is 2. The predicted octanol–water partition coefficient (Wildman–Crippen LogP) is 4.04. The summed E-state index contributed by atoms with van der Waals surface area (Å²) in [6.45, 7) is 2.27. The molecular weight excluding hydrogens is 406 g/mol. The maximum Gasteiger partial charge on any atom is 0.183 e. The summed E-state index contributed by atoms with van der Waals surface area (Å²) in [7, 11) is -3.51. The number of thiazole rings is 1. The summed E-state index contributed by atoms with van der Waals surface area (Å²) in [5.41, 5.74) is 12.0. The lowest BCUT2D eigenvalue weighted by molar-refractivity contribution is 0.126. The molecule has 3 heterocycles. The Balaban J connectivity index is 1.64. The molecule has 29 heavy (non-hydrogen) atoms. The van der Waals surface area contributed by atoms with E-state index in [0.717, 1.165) is 21.3 Å². The number of nitrogen functional groups attached to an aromatic ring is 1. The molecule has 0 bridgehead atoms. The number of nitrogens with two attached hydrogens (primary N) is 1. The number of benzene rings is 2. The van der Waals surface area contributed by atoms with Gasteiger partial charge in [0.2, 0.25) is 0 Å². The first kappa shape index (κ1) is 18.5. The molecule has 1 aliphatic heterocycles. The lowest BCUT2D eigenvalue weighted by Crippen LogP contribution is -2.28. The van der Waals surface area contributed by atoms with Gasteiger partial charge >= 0.3 is 0 Å². The fraction of sp³-hybridized carbons (Fsp3) is 0.238. The molecule has 1 saturated heterocycles. The summed E-state index contributed by atoms with van der Waals surface area (Å²) in [6.07, 6.45) is 1.91. The molecule has 2 unspecified atom stereocenters. The zero-order valence-corrected chi connectivity index (χ0v) is 17.3. The SMILES string of the molecule is CC1OCCC1S(=O)(=O)c1ccc2ncc(-c3ccc4scnc4c3)c(N)c2c1. The molecule has 2 aromatic carbocycles. The molecule has 2 N–H and O–H groups in total. The Hall–Kier alpha value is -2.55.